The van der Waals surface area contributed by atoms with Gasteiger partial charge in [0.05, 0.1) is 22.0 Å². The van der Waals surface area contributed by atoms with Crippen LogP contribution in [0.15, 0.2) is 48.5 Å². The number of hydrogen-bond acceptors (Lipinski definition) is 5. The SMILES string of the molecule is CSCCC(NC(=O)c1ccc([N+](=O)[O-])cc1)c1nc2ccccc2[nH]1. The molecule has 134 valence electrons. The number of nitrogens with one attached hydrogen (secondary N) is 2. The van der Waals surface area contributed by atoms with Gasteiger partial charge in [-0.2, -0.15) is 11.8 Å². The van der Waals surface area contributed by atoms with E-state index >= 15 is 0 Å². The minimum Gasteiger partial charge on any atom is -0.342 e. The number of amides is 1. The topological polar surface area (TPSA) is 101 Å². The maximum absolute atomic E-state index is 12.6. The van der Waals surface area contributed by atoms with Crippen molar-refractivity contribution in [3.05, 3.63) is 70.0 Å². The molecule has 26 heavy (non-hydrogen) atoms. The third-order valence-corrected chi connectivity index (χ3v) is 4.64. The Hall–Kier alpha value is -2.87. The second-order valence-electron chi connectivity index (χ2n) is 5.75. The van der Waals surface area contributed by atoms with Gasteiger partial charge in [-0.15, -0.1) is 0 Å². The maximum atomic E-state index is 12.6. The average Bonchev–Trinajstić information content (AvgIpc) is 3.09. The van der Waals surface area contributed by atoms with Crippen LogP contribution in [-0.2, 0) is 0 Å². The van der Waals surface area contributed by atoms with Gasteiger partial charge in [-0.25, -0.2) is 4.98 Å². The first-order chi connectivity index (χ1) is 12.6. The van der Waals surface area contributed by atoms with Crippen LogP contribution in [0.3, 0.4) is 0 Å². The van der Waals surface area contributed by atoms with E-state index in [9.17, 15) is 14.9 Å². The van der Waals surface area contributed by atoms with E-state index in [1.807, 2.05) is 30.5 Å². The van der Waals surface area contributed by atoms with E-state index in [1.165, 1.54) is 24.3 Å². The number of benzene rings is 2. The van der Waals surface area contributed by atoms with Crippen molar-refractivity contribution in [3.63, 3.8) is 0 Å². The Labute approximate surface area is 154 Å². The summed E-state index contributed by atoms with van der Waals surface area (Å²) in [4.78, 5) is 30.7. The number of aromatic amines is 1. The Balaban J connectivity index is 1.81. The second kappa shape index (κ2) is 8.01. The van der Waals surface area contributed by atoms with Gasteiger partial charge in [0.2, 0.25) is 0 Å². The molecule has 0 saturated carbocycles. The minimum absolute atomic E-state index is 0.0437. The predicted octanol–water partition coefficient (Wildman–Crippen LogP) is 3.70. The highest BCUT2D eigenvalue weighted by molar-refractivity contribution is 7.98. The van der Waals surface area contributed by atoms with Gasteiger partial charge < -0.3 is 10.3 Å². The summed E-state index contributed by atoms with van der Waals surface area (Å²) in [6.07, 6.45) is 2.73. The molecule has 0 saturated heterocycles. The molecule has 0 fully saturated rings. The number of fused-ring (bicyclic) bond motifs is 1. The van der Waals surface area contributed by atoms with Crippen LogP contribution in [-0.4, -0.2) is 32.8 Å². The summed E-state index contributed by atoms with van der Waals surface area (Å²) in [6.45, 7) is 0. The van der Waals surface area contributed by atoms with Crippen molar-refractivity contribution in [2.45, 2.75) is 12.5 Å². The average molecular weight is 370 g/mol. The molecule has 0 aliphatic heterocycles. The quantitative estimate of drug-likeness (QED) is 0.488. The molecular formula is C18H18N4O3S. The van der Waals surface area contributed by atoms with Crippen molar-refractivity contribution < 1.29 is 9.72 Å². The fraction of sp³-hybridized carbons (Fsp3) is 0.222. The fourth-order valence-corrected chi connectivity index (χ4v) is 3.10. The summed E-state index contributed by atoms with van der Waals surface area (Å²) in [6, 6.07) is 13.0. The predicted molar refractivity (Wildman–Crippen MR) is 102 cm³/mol. The summed E-state index contributed by atoms with van der Waals surface area (Å²) >= 11 is 1.69. The standard InChI is InChI=1S/C18H18N4O3S/c1-26-11-10-16(17-19-14-4-2-3-5-15(14)20-17)21-18(23)12-6-8-13(9-7-12)22(24)25/h2-9,16H,10-11H2,1H3,(H,19,20)(H,21,23). The van der Waals surface area contributed by atoms with Crippen LogP contribution in [0.4, 0.5) is 5.69 Å². The third-order valence-electron chi connectivity index (χ3n) is 3.99. The van der Waals surface area contributed by atoms with Gasteiger partial charge in [-0.1, -0.05) is 12.1 Å². The zero-order valence-electron chi connectivity index (χ0n) is 14.1. The van der Waals surface area contributed by atoms with Gasteiger partial charge in [-0.3, -0.25) is 14.9 Å². The molecule has 0 aliphatic carbocycles. The Kier molecular flexibility index (Phi) is 5.52. The molecule has 0 radical (unpaired) electrons. The monoisotopic (exact) mass is 370 g/mol. The number of imidazole rings is 1. The Morgan fingerprint density at radius 1 is 1.27 bits per heavy atom. The van der Waals surface area contributed by atoms with E-state index in [0.29, 0.717) is 11.4 Å². The summed E-state index contributed by atoms with van der Waals surface area (Å²) in [5, 5.41) is 13.7. The Morgan fingerprint density at radius 2 is 2.00 bits per heavy atom. The number of para-hydroxylation sites is 2. The first kappa shape index (κ1) is 17.9. The number of nitro benzene ring substituents is 1. The lowest BCUT2D eigenvalue weighted by molar-refractivity contribution is -0.384. The van der Waals surface area contributed by atoms with E-state index in [2.05, 4.69) is 15.3 Å². The van der Waals surface area contributed by atoms with Crippen LogP contribution in [0, 0.1) is 10.1 Å². The smallest absolute Gasteiger partial charge is 0.269 e. The largest absolute Gasteiger partial charge is 0.342 e. The zero-order valence-corrected chi connectivity index (χ0v) is 15.0. The highest BCUT2D eigenvalue weighted by atomic mass is 32.2. The molecule has 7 nitrogen and oxygen atoms in total. The van der Waals surface area contributed by atoms with Gasteiger partial charge in [0.25, 0.3) is 11.6 Å². The maximum Gasteiger partial charge on any atom is 0.269 e. The van der Waals surface area contributed by atoms with E-state index in [-0.39, 0.29) is 17.6 Å². The number of aromatic nitrogens is 2. The van der Waals surface area contributed by atoms with Gasteiger partial charge in [-0.05, 0) is 42.7 Å². The molecule has 0 bridgehead atoms. The number of carbonyl (C=O) groups excluding carboxylic acids is 1. The summed E-state index contributed by atoms with van der Waals surface area (Å²) in [5.41, 5.74) is 2.10. The Bertz CT molecular complexity index is 891. The van der Waals surface area contributed by atoms with Gasteiger partial charge >= 0.3 is 0 Å². The molecular weight excluding hydrogens is 352 g/mol. The van der Waals surface area contributed by atoms with Crippen LogP contribution in [0.25, 0.3) is 11.0 Å². The third kappa shape index (κ3) is 4.02. The lowest BCUT2D eigenvalue weighted by Crippen LogP contribution is -2.29. The molecule has 3 rings (SSSR count). The zero-order chi connectivity index (χ0) is 18.5. The van der Waals surface area contributed by atoms with Gasteiger partial charge in [0, 0.05) is 17.7 Å². The summed E-state index contributed by atoms with van der Waals surface area (Å²) in [7, 11) is 0. The van der Waals surface area contributed by atoms with Crippen LogP contribution in [0.2, 0.25) is 0 Å². The van der Waals surface area contributed by atoms with Crippen molar-refractivity contribution >= 4 is 34.4 Å². The molecule has 3 aromatic rings. The molecule has 1 unspecified atom stereocenters. The van der Waals surface area contributed by atoms with Crippen molar-refractivity contribution in [1.29, 1.82) is 0 Å². The molecule has 1 atom stereocenters. The number of nitro groups is 1. The van der Waals surface area contributed by atoms with Crippen molar-refractivity contribution in [3.8, 4) is 0 Å². The van der Waals surface area contributed by atoms with Crippen molar-refractivity contribution in [1.82, 2.24) is 15.3 Å². The van der Waals surface area contributed by atoms with Crippen LogP contribution in [0.1, 0.15) is 28.6 Å². The molecule has 0 spiro atoms. The van der Waals surface area contributed by atoms with Crippen LogP contribution >= 0.6 is 11.8 Å². The van der Waals surface area contributed by atoms with Crippen molar-refractivity contribution in [2.24, 2.45) is 0 Å². The number of thioether (sulfide) groups is 1. The molecule has 1 amide bonds. The first-order valence-corrected chi connectivity index (χ1v) is 9.47. The summed E-state index contributed by atoms with van der Waals surface area (Å²) < 4.78 is 0. The fourth-order valence-electron chi connectivity index (χ4n) is 2.63. The Morgan fingerprint density at radius 3 is 2.65 bits per heavy atom. The molecule has 2 N–H and O–H groups in total. The number of hydrogen-bond donors (Lipinski definition) is 2. The van der Waals surface area contributed by atoms with Crippen LogP contribution in [0.5, 0.6) is 0 Å². The van der Waals surface area contributed by atoms with E-state index in [1.54, 1.807) is 11.8 Å². The van der Waals surface area contributed by atoms with Crippen LogP contribution < -0.4 is 5.32 Å². The van der Waals surface area contributed by atoms with Crippen molar-refractivity contribution in [2.75, 3.05) is 12.0 Å². The van der Waals surface area contributed by atoms with E-state index in [4.69, 9.17) is 0 Å². The lowest BCUT2D eigenvalue weighted by Gasteiger charge is -2.16. The van der Waals surface area contributed by atoms with E-state index in [0.717, 1.165) is 23.2 Å². The van der Waals surface area contributed by atoms with E-state index < -0.39 is 4.92 Å². The molecule has 0 aliphatic rings. The number of H-pyrrole nitrogens is 1. The highest BCUT2D eigenvalue weighted by Crippen LogP contribution is 2.21. The lowest BCUT2D eigenvalue weighted by atomic mass is 10.1. The highest BCUT2D eigenvalue weighted by Gasteiger charge is 2.19. The number of nitrogens with zero attached hydrogens (tertiary/aromatic N) is 2. The molecule has 1 heterocycles. The minimum atomic E-state index is -0.489. The molecule has 2 aromatic carbocycles. The molecule has 8 heteroatoms. The second-order valence-corrected chi connectivity index (χ2v) is 6.74. The van der Waals surface area contributed by atoms with Gasteiger partial charge in [0.15, 0.2) is 0 Å². The molecule has 1 aromatic heterocycles. The number of rotatable bonds is 7. The normalized spacial score (nSPS) is 12.0. The van der Waals surface area contributed by atoms with Gasteiger partial charge in [0.1, 0.15) is 5.82 Å². The summed E-state index contributed by atoms with van der Waals surface area (Å²) in [5.74, 6) is 1.28. The number of non-ortho nitro benzene ring substituents is 1. The first-order valence-electron chi connectivity index (χ1n) is 8.07. The number of carbonyl (C=O) groups is 1.